The summed E-state index contributed by atoms with van der Waals surface area (Å²) in [5.74, 6) is 0.923. The smallest absolute Gasteiger partial charge is 0.144 e. The standard InChI is InChI=1S/C41H29N3O/c1-44-40-35(28-11-3-2-4-12-28)21-20-34(39(40)43-41(44)36-16-7-8-17-38(36)45)32-14-9-15-33(25-32)37-26-31(22-23-42-37)30-19-18-27-10-5-6-13-29(27)24-30/h2-26,45H,1H3. The number of phenols is 1. The molecule has 0 fully saturated rings. The van der Waals surface area contributed by atoms with Gasteiger partial charge in [0.05, 0.1) is 22.3 Å². The second-order valence-electron chi connectivity index (χ2n) is 11.3. The SMILES string of the molecule is Cn1c(-c2ccccc2O)nc2c(-c3cccc(-c4cc(-c5ccc6ccccc6c5)ccn4)c3)ccc(-c3ccccc3)c21. The van der Waals surface area contributed by atoms with Crippen molar-refractivity contribution in [1.29, 1.82) is 0 Å². The molecule has 2 heterocycles. The fourth-order valence-corrected chi connectivity index (χ4v) is 6.29. The third-order valence-electron chi connectivity index (χ3n) is 8.56. The molecule has 0 aliphatic heterocycles. The molecule has 1 N–H and O–H groups in total. The summed E-state index contributed by atoms with van der Waals surface area (Å²) in [5, 5.41) is 13.2. The highest BCUT2D eigenvalue weighted by molar-refractivity contribution is 6.03. The average Bonchev–Trinajstić information content (AvgIpc) is 3.45. The summed E-state index contributed by atoms with van der Waals surface area (Å²) in [7, 11) is 2.02. The predicted octanol–water partition coefficient (Wildman–Crippen LogP) is 10.2. The molecule has 0 aliphatic rings. The van der Waals surface area contributed by atoms with Gasteiger partial charge < -0.3 is 9.67 Å². The van der Waals surface area contributed by atoms with Gasteiger partial charge in [-0.2, -0.15) is 0 Å². The second-order valence-corrected chi connectivity index (χ2v) is 11.3. The molecule has 0 amide bonds. The number of aryl methyl sites for hydroxylation is 1. The van der Waals surface area contributed by atoms with E-state index in [9.17, 15) is 5.11 Å². The molecule has 0 bridgehead atoms. The number of para-hydroxylation sites is 1. The number of imidazole rings is 1. The van der Waals surface area contributed by atoms with Crippen LogP contribution in [0.4, 0.5) is 0 Å². The van der Waals surface area contributed by atoms with Gasteiger partial charge >= 0.3 is 0 Å². The molecule has 0 aliphatic carbocycles. The van der Waals surface area contributed by atoms with E-state index in [0.717, 1.165) is 55.7 Å². The van der Waals surface area contributed by atoms with Crippen LogP contribution in [0.5, 0.6) is 5.75 Å². The van der Waals surface area contributed by atoms with E-state index in [4.69, 9.17) is 9.97 Å². The lowest BCUT2D eigenvalue weighted by Gasteiger charge is -2.11. The number of benzene rings is 6. The Morgan fingerprint density at radius 1 is 0.511 bits per heavy atom. The molecule has 8 aromatic rings. The van der Waals surface area contributed by atoms with Crippen LogP contribution in [0.2, 0.25) is 0 Å². The molecule has 214 valence electrons. The minimum absolute atomic E-state index is 0.207. The van der Waals surface area contributed by atoms with E-state index in [1.807, 2.05) is 37.5 Å². The predicted molar refractivity (Wildman–Crippen MR) is 185 cm³/mol. The van der Waals surface area contributed by atoms with Gasteiger partial charge in [0.1, 0.15) is 11.6 Å². The maximum atomic E-state index is 10.7. The minimum Gasteiger partial charge on any atom is -0.507 e. The number of fused-ring (bicyclic) bond motifs is 2. The summed E-state index contributed by atoms with van der Waals surface area (Å²) in [6.45, 7) is 0. The van der Waals surface area contributed by atoms with E-state index in [1.165, 1.54) is 10.8 Å². The monoisotopic (exact) mass is 579 g/mol. The maximum absolute atomic E-state index is 10.7. The average molecular weight is 580 g/mol. The van der Waals surface area contributed by atoms with E-state index in [0.29, 0.717) is 11.4 Å². The molecule has 4 heteroatoms. The van der Waals surface area contributed by atoms with E-state index in [1.54, 1.807) is 6.07 Å². The van der Waals surface area contributed by atoms with Gasteiger partial charge in [-0.15, -0.1) is 0 Å². The molecule has 0 radical (unpaired) electrons. The molecular formula is C41H29N3O. The number of rotatable bonds is 5. The third-order valence-corrected chi connectivity index (χ3v) is 8.56. The van der Waals surface area contributed by atoms with Crippen molar-refractivity contribution < 1.29 is 5.11 Å². The molecule has 4 nitrogen and oxygen atoms in total. The van der Waals surface area contributed by atoms with Crippen LogP contribution in [0.3, 0.4) is 0 Å². The first-order valence-corrected chi connectivity index (χ1v) is 15.0. The zero-order valence-corrected chi connectivity index (χ0v) is 24.7. The number of aromatic hydroxyl groups is 1. The summed E-state index contributed by atoms with van der Waals surface area (Å²) in [6.07, 6.45) is 1.89. The van der Waals surface area contributed by atoms with E-state index < -0.39 is 0 Å². The minimum atomic E-state index is 0.207. The van der Waals surface area contributed by atoms with Gasteiger partial charge in [-0.05, 0) is 69.4 Å². The zero-order chi connectivity index (χ0) is 30.3. The Balaban J connectivity index is 1.27. The highest BCUT2D eigenvalue weighted by Gasteiger charge is 2.20. The van der Waals surface area contributed by atoms with E-state index >= 15 is 0 Å². The molecule has 0 atom stereocenters. The topological polar surface area (TPSA) is 50.9 Å². The molecule has 8 rings (SSSR count). The molecule has 0 saturated carbocycles. The normalized spacial score (nSPS) is 11.3. The molecule has 2 aromatic heterocycles. The van der Waals surface area contributed by atoms with Crippen molar-refractivity contribution in [2.45, 2.75) is 0 Å². The fraction of sp³-hybridized carbons (Fsp3) is 0.0244. The number of phenolic OH excluding ortho intramolecular Hbond substituents is 1. The molecule has 0 spiro atoms. The lowest BCUT2D eigenvalue weighted by Crippen LogP contribution is -1.94. The van der Waals surface area contributed by atoms with Crippen molar-refractivity contribution in [3.05, 3.63) is 152 Å². The highest BCUT2D eigenvalue weighted by atomic mass is 16.3. The molecular weight excluding hydrogens is 550 g/mol. The highest BCUT2D eigenvalue weighted by Crippen LogP contribution is 2.40. The zero-order valence-electron chi connectivity index (χ0n) is 24.7. The van der Waals surface area contributed by atoms with Crippen LogP contribution in [0.1, 0.15) is 0 Å². The summed E-state index contributed by atoms with van der Waals surface area (Å²) in [4.78, 5) is 9.94. The van der Waals surface area contributed by atoms with Gasteiger partial charge in [-0.25, -0.2) is 4.98 Å². The van der Waals surface area contributed by atoms with Crippen molar-refractivity contribution in [3.8, 4) is 61.8 Å². The number of pyridine rings is 1. The molecule has 0 saturated heterocycles. The lowest BCUT2D eigenvalue weighted by molar-refractivity contribution is 0.476. The van der Waals surface area contributed by atoms with Crippen LogP contribution in [0.25, 0.3) is 77.8 Å². The van der Waals surface area contributed by atoms with Crippen LogP contribution in [-0.2, 0) is 7.05 Å². The third kappa shape index (κ3) is 4.73. The summed E-state index contributed by atoms with van der Waals surface area (Å²) < 4.78 is 2.09. The summed E-state index contributed by atoms with van der Waals surface area (Å²) >= 11 is 0. The largest absolute Gasteiger partial charge is 0.507 e. The molecule has 6 aromatic carbocycles. The van der Waals surface area contributed by atoms with Gasteiger partial charge in [0.25, 0.3) is 0 Å². The Kier molecular flexibility index (Phi) is 6.46. The number of nitrogens with zero attached hydrogens (tertiary/aromatic N) is 3. The summed E-state index contributed by atoms with van der Waals surface area (Å²) in [5.41, 5.74) is 11.1. The first kappa shape index (κ1) is 26.6. The van der Waals surface area contributed by atoms with Crippen LogP contribution in [0.15, 0.2) is 152 Å². The quantitative estimate of drug-likeness (QED) is 0.221. The van der Waals surface area contributed by atoms with Crippen molar-refractivity contribution >= 4 is 21.8 Å². The Bertz CT molecular complexity index is 2350. The maximum Gasteiger partial charge on any atom is 0.144 e. The molecule has 45 heavy (non-hydrogen) atoms. The number of hydrogen-bond acceptors (Lipinski definition) is 3. The number of hydrogen-bond donors (Lipinski definition) is 1. The van der Waals surface area contributed by atoms with Crippen LogP contribution in [0, 0.1) is 0 Å². The van der Waals surface area contributed by atoms with E-state index in [2.05, 4.69) is 120 Å². The van der Waals surface area contributed by atoms with Gasteiger partial charge in [0.2, 0.25) is 0 Å². The summed E-state index contributed by atoms with van der Waals surface area (Å²) in [6, 6.07) is 49.8. The van der Waals surface area contributed by atoms with Crippen molar-refractivity contribution in [2.75, 3.05) is 0 Å². The first-order valence-electron chi connectivity index (χ1n) is 15.0. The lowest BCUT2D eigenvalue weighted by atomic mass is 9.95. The first-order chi connectivity index (χ1) is 22.1. The van der Waals surface area contributed by atoms with Crippen molar-refractivity contribution in [2.24, 2.45) is 7.05 Å². The van der Waals surface area contributed by atoms with Gasteiger partial charge in [0.15, 0.2) is 0 Å². The second kappa shape index (κ2) is 10.9. The van der Waals surface area contributed by atoms with Gasteiger partial charge in [0, 0.05) is 29.9 Å². The van der Waals surface area contributed by atoms with Gasteiger partial charge in [-0.1, -0.05) is 109 Å². The van der Waals surface area contributed by atoms with Crippen LogP contribution >= 0.6 is 0 Å². The van der Waals surface area contributed by atoms with Crippen molar-refractivity contribution in [3.63, 3.8) is 0 Å². The Hall–Kier alpha value is -6.00. The van der Waals surface area contributed by atoms with Crippen molar-refractivity contribution in [1.82, 2.24) is 14.5 Å². The Labute approximate surface area is 261 Å². The Morgan fingerprint density at radius 2 is 1.22 bits per heavy atom. The van der Waals surface area contributed by atoms with Crippen LogP contribution in [-0.4, -0.2) is 19.6 Å². The number of aromatic nitrogens is 3. The van der Waals surface area contributed by atoms with Crippen LogP contribution < -0.4 is 0 Å². The van der Waals surface area contributed by atoms with Gasteiger partial charge in [-0.3, -0.25) is 4.98 Å². The Morgan fingerprint density at radius 3 is 2.09 bits per heavy atom. The molecule has 0 unspecified atom stereocenters. The fourth-order valence-electron chi connectivity index (χ4n) is 6.29. The van der Waals surface area contributed by atoms with E-state index in [-0.39, 0.29) is 5.75 Å².